The molecule has 3 N–H and O–H groups in total. The maximum absolute atomic E-state index is 11.7. The second-order valence-electron chi connectivity index (χ2n) is 3.84. The molecule has 0 aromatic rings. The zero-order chi connectivity index (χ0) is 11.3. The van der Waals surface area contributed by atoms with Crippen molar-refractivity contribution in [2.24, 2.45) is 5.92 Å². The van der Waals surface area contributed by atoms with Gasteiger partial charge < -0.3 is 15.7 Å². The molecule has 5 nitrogen and oxygen atoms in total. The summed E-state index contributed by atoms with van der Waals surface area (Å²) in [5.41, 5.74) is 0. The fourth-order valence-electron chi connectivity index (χ4n) is 1.55. The monoisotopic (exact) mass is 214 g/mol. The topological polar surface area (TPSA) is 78.4 Å². The second kappa shape index (κ2) is 5.70. The van der Waals surface area contributed by atoms with E-state index in [1.807, 2.05) is 6.92 Å². The van der Waals surface area contributed by atoms with E-state index in [2.05, 4.69) is 10.6 Å². The number of amides is 2. The molecule has 15 heavy (non-hydrogen) atoms. The quantitative estimate of drug-likeness (QED) is 0.584. The van der Waals surface area contributed by atoms with Gasteiger partial charge in [0.05, 0.1) is 18.6 Å². The average molecular weight is 214 g/mol. The van der Waals surface area contributed by atoms with Gasteiger partial charge in [0.25, 0.3) is 0 Å². The van der Waals surface area contributed by atoms with Crippen molar-refractivity contribution in [2.75, 3.05) is 13.2 Å². The highest BCUT2D eigenvalue weighted by molar-refractivity contribution is 5.83. The number of hydrogen-bond donors (Lipinski definition) is 3. The molecule has 1 aliphatic rings. The van der Waals surface area contributed by atoms with Gasteiger partial charge in [-0.15, -0.1) is 0 Å². The minimum atomic E-state index is -0.171. The number of nitrogens with one attached hydrogen (secondary N) is 2. The highest BCUT2D eigenvalue weighted by Crippen LogP contribution is 2.11. The molecule has 0 bridgehead atoms. The summed E-state index contributed by atoms with van der Waals surface area (Å²) in [6.07, 6.45) is 1.72. The summed E-state index contributed by atoms with van der Waals surface area (Å²) in [6.45, 7) is 2.28. The first-order chi connectivity index (χ1) is 7.17. The van der Waals surface area contributed by atoms with Crippen LogP contribution in [0.25, 0.3) is 0 Å². The molecule has 0 aromatic heterocycles. The van der Waals surface area contributed by atoms with Gasteiger partial charge in [-0.1, -0.05) is 6.92 Å². The van der Waals surface area contributed by atoms with Crippen molar-refractivity contribution < 1.29 is 14.7 Å². The Morgan fingerprint density at radius 2 is 2.47 bits per heavy atom. The van der Waals surface area contributed by atoms with Gasteiger partial charge in [0.1, 0.15) is 0 Å². The molecule has 0 aromatic carbocycles. The fraction of sp³-hybridized carbons (Fsp3) is 0.800. The van der Waals surface area contributed by atoms with Crippen LogP contribution in [0.2, 0.25) is 0 Å². The Bertz CT molecular complexity index is 229. The zero-order valence-electron chi connectivity index (χ0n) is 8.95. The lowest BCUT2D eigenvalue weighted by Crippen LogP contribution is -2.46. The van der Waals surface area contributed by atoms with Gasteiger partial charge in [0.15, 0.2) is 0 Å². The molecule has 0 spiro atoms. The highest BCUT2D eigenvalue weighted by atomic mass is 16.3. The van der Waals surface area contributed by atoms with E-state index in [9.17, 15) is 9.59 Å². The third-order valence-electron chi connectivity index (χ3n) is 2.70. The van der Waals surface area contributed by atoms with Crippen molar-refractivity contribution in [3.8, 4) is 0 Å². The van der Waals surface area contributed by atoms with Gasteiger partial charge in [-0.2, -0.15) is 0 Å². The number of carbonyl (C=O) groups is 2. The smallest absolute Gasteiger partial charge is 0.225 e. The maximum Gasteiger partial charge on any atom is 0.225 e. The van der Waals surface area contributed by atoms with Crippen molar-refractivity contribution in [3.05, 3.63) is 0 Å². The van der Waals surface area contributed by atoms with E-state index in [-0.39, 0.29) is 30.4 Å². The minimum Gasteiger partial charge on any atom is -0.394 e. The average Bonchev–Trinajstić information content (AvgIpc) is 2.26. The number of carbonyl (C=O) groups excluding carboxylic acids is 2. The van der Waals surface area contributed by atoms with Crippen molar-refractivity contribution >= 4 is 11.8 Å². The maximum atomic E-state index is 11.7. The molecule has 0 saturated carbocycles. The fourth-order valence-corrected chi connectivity index (χ4v) is 1.55. The van der Waals surface area contributed by atoms with Crippen LogP contribution in [-0.4, -0.2) is 36.1 Å². The second-order valence-corrected chi connectivity index (χ2v) is 3.84. The predicted molar refractivity (Wildman–Crippen MR) is 55.0 cm³/mol. The SMILES string of the molecule is CCC(CO)NC(=O)C1CCC(=O)NC1. The van der Waals surface area contributed by atoms with E-state index < -0.39 is 0 Å². The van der Waals surface area contributed by atoms with Crippen LogP contribution in [0, 0.1) is 5.92 Å². The summed E-state index contributed by atoms with van der Waals surface area (Å²) >= 11 is 0. The summed E-state index contributed by atoms with van der Waals surface area (Å²) in [7, 11) is 0. The van der Waals surface area contributed by atoms with Crippen LogP contribution < -0.4 is 10.6 Å². The first kappa shape index (κ1) is 12.0. The molecule has 2 unspecified atom stereocenters. The van der Waals surface area contributed by atoms with Gasteiger partial charge in [-0.05, 0) is 12.8 Å². The van der Waals surface area contributed by atoms with Crippen molar-refractivity contribution in [1.29, 1.82) is 0 Å². The first-order valence-electron chi connectivity index (χ1n) is 5.35. The molecule has 1 rings (SSSR count). The summed E-state index contributed by atoms with van der Waals surface area (Å²) in [5.74, 6) is -0.215. The van der Waals surface area contributed by atoms with Crippen LogP contribution in [-0.2, 0) is 9.59 Å². The Labute approximate surface area is 89.2 Å². The van der Waals surface area contributed by atoms with Crippen LogP contribution in [0.3, 0.4) is 0 Å². The predicted octanol–water partition coefficient (Wildman–Crippen LogP) is -0.600. The number of hydrogen-bond acceptors (Lipinski definition) is 3. The van der Waals surface area contributed by atoms with Gasteiger partial charge >= 0.3 is 0 Å². The van der Waals surface area contributed by atoms with Crippen molar-refractivity contribution in [3.63, 3.8) is 0 Å². The molecule has 2 amide bonds. The van der Waals surface area contributed by atoms with Crippen LogP contribution in [0.4, 0.5) is 0 Å². The molecule has 86 valence electrons. The number of piperidine rings is 1. The van der Waals surface area contributed by atoms with Gasteiger partial charge in [-0.3, -0.25) is 9.59 Å². The number of rotatable bonds is 4. The van der Waals surface area contributed by atoms with Crippen LogP contribution in [0.5, 0.6) is 0 Å². The van der Waals surface area contributed by atoms with E-state index in [1.165, 1.54) is 0 Å². The molecule has 0 radical (unpaired) electrons. The first-order valence-corrected chi connectivity index (χ1v) is 5.35. The Hall–Kier alpha value is -1.10. The third-order valence-corrected chi connectivity index (χ3v) is 2.70. The highest BCUT2D eigenvalue weighted by Gasteiger charge is 2.25. The van der Waals surface area contributed by atoms with E-state index in [0.29, 0.717) is 25.8 Å². The van der Waals surface area contributed by atoms with Gasteiger partial charge in [0, 0.05) is 13.0 Å². The van der Waals surface area contributed by atoms with E-state index in [4.69, 9.17) is 5.11 Å². The van der Waals surface area contributed by atoms with Gasteiger partial charge in [0.2, 0.25) is 11.8 Å². The van der Waals surface area contributed by atoms with E-state index in [1.54, 1.807) is 0 Å². The molecule has 0 aliphatic carbocycles. The lowest BCUT2D eigenvalue weighted by molar-refractivity contribution is -0.129. The Kier molecular flexibility index (Phi) is 4.55. The molecular weight excluding hydrogens is 196 g/mol. The molecule has 1 aliphatic heterocycles. The minimum absolute atomic E-state index is 0.00764. The molecule has 1 heterocycles. The van der Waals surface area contributed by atoms with Gasteiger partial charge in [-0.25, -0.2) is 0 Å². The largest absolute Gasteiger partial charge is 0.394 e. The molecule has 1 saturated heterocycles. The summed E-state index contributed by atoms with van der Waals surface area (Å²) in [6, 6.07) is -0.171. The lowest BCUT2D eigenvalue weighted by Gasteiger charge is -2.23. The summed E-state index contributed by atoms with van der Waals surface area (Å²) in [4.78, 5) is 22.5. The normalized spacial score (nSPS) is 23.1. The van der Waals surface area contributed by atoms with E-state index >= 15 is 0 Å². The van der Waals surface area contributed by atoms with Crippen LogP contribution in [0.1, 0.15) is 26.2 Å². The van der Waals surface area contributed by atoms with Crippen molar-refractivity contribution in [2.45, 2.75) is 32.2 Å². The molecular formula is C10H18N2O3. The Balaban J connectivity index is 2.36. The number of aliphatic hydroxyl groups excluding tert-OH is 1. The van der Waals surface area contributed by atoms with E-state index in [0.717, 1.165) is 0 Å². The van der Waals surface area contributed by atoms with Crippen LogP contribution >= 0.6 is 0 Å². The molecule has 5 heteroatoms. The molecule has 2 atom stereocenters. The number of aliphatic hydroxyl groups is 1. The summed E-state index contributed by atoms with van der Waals surface area (Å²) in [5, 5.41) is 14.4. The lowest BCUT2D eigenvalue weighted by atomic mass is 9.98. The Morgan fingerprint density at radius 3 is 2.93 bits per heavy atom. The van der Waals surface area contributed by atoms with Crippen molar-refractivity contribution in [1.82, 2.24) is 10.6 Å². The Morgan fingerprint density at radius 1 is 1.73 bits per heavy atom. The standard InChI is InChI=1S/C10H18N2O3/c1-2-8(6-13)12-10(15)7-3-4-9(14)11-5-7/h7-8,13H,2-6H2,1H3,(H,11,14)(H,12,15). The summed E-state index contributed by atoms with van der Waals surface area (Å²) < 4.78 is 0. The molecule has 1 fully saturated rings. The van der Waals surface area contributed by atoms with Crippen LogP contribution in [0.15, 0.2) is 0 Å². The zero-order valence-corrected chi connectivity index (χ0v) is 8.95. The third kappa shape index (κ3) is 3.51.